The van der Waals surface area contributed by atoms with Crippen LogP contribution >= 0.6 is 0 Å². The Kier molecular flexibility index (Phi) is 8.32. The van der Waals surface area contributed by atoms with Gasteiger partial charge in [0.15, 0.2) is 0 Å². The third-order valence-electron chi connectivity index (χ3n) is 6.26. The summed E-state index contributed by atoms with van der Waals surface area (Å²) < 4.78 is 0. The lowest BCUT2D eigenvalue weighted by atomic mass is 9.98. The zero-order valence-corrected chi connectivity index (χ0v) is 21.8. The van der Waals surface area contributed by atoms with Gasteiger partial charge in [0.25, 0.3) is 0 Å². The summed E-state index contributed by atoms with van der Waals surface area (Å²) in [4.78, 5) is 27.5. The van der Waals surface area contributed by atoms with Crippen molar-refractivity contribution in [3.63, 3.8) is 0 Å². The molecule has 0 saturated carbocycles. The minimum Gasteiger partial charge on any atom is -0.344 e. The second-order valence-corrected chi connectivity index (χ2v) is 9.45. The lowest BCUT2D eigenvalue weighted by molar-refractivity contribution is -0.136. The number of amides is 2. The van der Waals surface area contributed by atoms with Gasteiger partial charge < -0.3 is 15.5 Å². The maximum Gasteiger partial charge on any atom is 0.313 e. The van der Waals surface area contributed by atoms with Gasteiger partial charge >= 0.3 is 11.8 Å². The van der Waals surface area contributed by atoms with Crippen LogP contribution in [0.15, 0.2) is 91.0 Å². The van der Waals surface area contributed by atoms with Crippen LogP contribution in [0.4, 0.5) is 5.69 Å². The molecule has 0 unspecified atom stereocenters. The first kappa shape index (κ1) is 26.3. The number of anilines is 1. The molecule has 0 heterocycles. The third kappa shape index (κ3) is 6.52. The van der Waals surface area contributed by atoms with Crippen LogP contribution < -0.4 is 10.6 Å². The average Bonchev–Trinajstić information content (AvgIpc) is 2.93. The smallest absolute Gasteiger partial charge is 0.313 e. The Labute approximate surface area is 223 Å². The Morgan fingerprint density at radius 1 is 0.816 bits per heavy atom. The van der Waals surface area contributed by atoms with Crippen molar-refractivity contribution in [3.8, 4) is 28.3 Å². The molecule has 2 amide bonds. The maximum atomic E-state index is 12.7. The van der Waals surface area contributed by atoms with E-state index < -0.39 is 11.8 Å². The molecule has 4 aromatic rings. The van der Waals surface area contributed by atoms with Crippen molar-refractivity contribution in [1.82, 2.24) is 10.2 Å². The maximum absolute atomic E-state index is 12.7. The largest absolute Gasteiger partial charge is 0.344 e. The molecular formula is C32H30N4O2. The Balaban J connectivity index is 1.43. The number of hydrogen-bond acceptors (Lipinski definition) is 4. The molecule has 0 aromatic heterocycles. The number of nitriles is 1. The number of hydrogen-bond donors (Lipinski definition) is 2. The van der Waals surface area contributed by atoms with Crippen LogP contribution in [0.25, 0.3) is 22.3 Å². The summed E-state index contributed by atoms with van der Waals surface area (Å²) in [6.07, 6.45) is 0. The van der Waals surface area contributed by atoms with E-state index in [1.54, 1.807) is 12.1 Å². The van der Waals surface area contributed by atoms with Crippen molar-refractivity contribution in [2.75, 3.05) is 19.4 Å². The molecule has 0 aliphatic rings. The molecule has 0 spiro atoms. The van der Waals surface area contributed by atoms with Crippen LogP contribution in [0.1, 0.15) is 22.3 Å². The topological polar surface area (TPSA) is 85.2 Å². The Morgan fingerprint density at radius 2 is 1.47 bits per heavy atom. The molecule has 0 radical (unpaired) electrons. The molecule has 2 N–H and O–H groups in total. The minimum atomic E-state index is -0.726. The monoisotopic (exact) mass is 502 g/mol. The van der Waals surface area contributed by atoms with Gasteiger partial charge in [0.1, 0.15) is 0 Å². The molecule has 190 valence electrons. The van der Waals surface area contributed by atoms with E-state index in [0.29, 0.717) is 11.3 Å². The Morgan fingerprint density at radius 3 is 2.16 bits per heavy atom. The van der Waals surface area contributed by atoms with Crippen LogP contribution in [0.3, 0.4) is 0 Å². The highest BCUT2D eigenvalue weighted by Crippen LogP contribution is 2.26. The van der Waals surface area contributed by atoms with E-state index in [0.717, 1.165) is 39.9 Å². The van der Waals surface area contributed by atoms with Crippen LogP contribution in [0.5, 0.6) is 0 Å². The molecule has 38 heavy (non-hydrogen) atoms. The van der Waals surface area contributed by atoms with Gasteiger partial charge in [0.2, 0.25) is 0 Å². The van der Waals surface area contributed by atoms with Crippen molar-refractivity contribution in [2.45, 2.75) is 20.0 Å². The highest BCUT2D eigenvalue weighted by atomic mass is 16.2. The summed E-state index contributed by atoms with van der Waals surface area (Å²) in [5.74, 6) is -1.43. The fourth-order valence-electron chi connectivity index (χ4n) is 4.22. The first-order valence-electron chi connectivity index (χ1n) is 12.4. The SMILES string of the molecule is Cc1ccc(-c2ccc(C#N)cc2)cc1NC(=O)C(=O)NCc1ccccc1-c1ccc(CN(C)C)cc1. The van der Waals surface area contributed by atoms with E-state index in [9.17, 15) is 9.59 Å². The van der Waals surface area contributed by atoms with E-state index in [1.807, 2.05) is 75.6 Å². The summed E-state index contributed by atoms with van der Waals surface area (Å²) in [5, 5.41) is 14.5. The van der Waals surface area contributed by atoms with Gasteiger partial charge in [-0.1, -0.05) is 72.8 Å². The van der Waals surface area contributed by atoms with Gasteiger partial charge in [0, 0.05) is 18.8 Å². The molecular weight excluding hydrogens is 472 g/mol. The van der Waals surface area contributed by atoms with Crippen LogP contribution in [-0.2, 0) is 22.7 Å². The second-order valence-electron chi connectivity index (χ2n) is 9.45. The zero-order valence-electron chi connectivity index (χ0n) is 21.8. The number of aryl methyl sites for hydroxylation is 1. The predicted molar refractivity (Wildman–Crippen MR) is 151 cm³/mol. The molecule has 0 aliphatic carbocycles. The molecule has 0 atom stereocenters. The lowest BCUT2D eigenvalue weighted by Gasteiger charge is -2.14. The molecule has 0 aliphatic heterocycles. The van der Waals surface area contributed by atoms with Gasteiger partial charge in [0.05, 0.1) is 11.6 Å². The lowest BCUT2D eigenvalue weighted by Crippen LogP contribution is -2.35. The van der Waals surface area contributed by atoms with E-state index in [-0.39, 0.29) is 6.54 Å². The minimum absolute atomic E-state index is 0.228. The fraction of sp³-hybridized carbons (Fsp3) is 0.156. The first-order valence-corrected chi connectivity index (χ1v) is 12.4. The number of carbonyl (C=O) groups excluding carboxylic acids is 2. The molecule has 0 bridgehead atoms. The summed E-state index contributed by atoms with van der Waals surface area (Å²) >= 11 is 0. The van der Waals surface area contributed by atoms with Gasteiger partial charge in [-0.15, -0.1) is 0 Å². The van der Waals surface area contributed by atoms with Gasteiger partial charge in [-0.3, -0.25) is 9.59 Å². The molecule has 4 rings (SSSR count). The molecule has 0 saturated heterocycles. The number of rotatable bonds is 7. The quantitative estimate of drug-likeness (QED) is 0.326. The summed E-state index contributed by atoms with van der Waals surface area (Å²) in [5.41, 5.74) is 7.97. The summed E-state index contributed by atoms with van der Waals surface area (Å²) in [6.45, 7) is 2.96. The van der Waals surface area contributed by atoms with Crippen LogP contribution in [0, 0.1) is 18.3 Å². The fourth-order valence-corrected chi connectivity index (χ4v) is 4.22. The van der Waals surface area contributed by atoms with Crippen LogP contribution in [-0.4, -0.2) is 30.8 Å². The van der Waals surface area contributed by atoms with Gasteiger partial charge in [-0.2, -0.15) is 5.26 Å². The van der Waals surface area contributed by atoms with E-state index in [2.05, 4.69) is 45.9 Å². The van der Waals surface area contributed by atoms with E-state index in [4.69, 9.17) is 5.26 Å². The van der Waals surface area contributed by atoms with Crippen molar-refractivity contribution >= 4 is 17.5 Å². The first-order chi connectivity index (χ1) is 18.3. The summed E-state index contributed by atoms with van der Waals surface area (Å²) in [7, 11) is 4.07. The van der Waals surface area contributed by atoms with Gasteiger partial charge in [-0.05, 0) is 78.2 Å². The van der Waals surface area contributed by atoms with E-state index >= 15 is 0 Å². The number of carbonyl (C=O) groups is 2. The zero-order chi connectivity index (χ0) is 27.1. The standard InChI is InChI=1S/C32H30N4O2/c1-22-8-13-27(25-14-9-23(19-33)10-15-25)18-30(22)35-32(38)31(37)34-20-28-6-4-5-7-29(28)26-16-11-24(12-17-26)21-36(2)3/h4-18H,20-21H2,1-3H3,(H,34,37)(H,35,38). The van der Waals surface area contributed by atoms with Crippen LogP contribution in [0.2, 0.25) is 0 Å². The highest BCUT2D eigenvalue weighted by molar-refractivity contribution is 6.39. The number of nitrogens with zero attached hydrogens (tertiary/aromatic N) is 2. The van der Waals surface area contributed by atoms with Crippen molar-refractivity contribution in [1.29, 1.82) is 5.26 Å². The predicted octanol–water partition coefficient (Wildman–Crippen LogP) is 5.52. The van der Waals surface area contributed by atoms with Gasteiger partial charge in [-0.25, -0.2) is 0 Å². The molecule has 0 fully saturated rings. The molecule has 4 aromatic carbocycles. The third-order valence-corrected chi connectivity index (χ3v) is 6.26. The Hall–Kier alpha value is -4.73. The number of benzene rings is 4. The normalized spacial score (nSPS) is 10.6. The Bertz CT molecular complexity index is 1480. The van der Waals surface area contributed by atoms with Crippen molar-refractivity contribution in [2.24, 2.45) is 0 Å². The molecule has 6 nitrogen and oxygen atoms in total. The number of nitrogens with one attached hydrogen (secondary N) is 2. The molecule has 6 heteroatoms. The van der Waals surface area contributed by atoms with Crippen molar-refractivity contribution < 1.29 is 9.59 Å². The highest BCUT2D eigenvalue weighted by Gasteiger charge is 2.16. The van der Waals surface area contributed by atoms with Crippen molar-refractivity contribution in [3.05, 3.63) is 113 Å². The van der Waals surface area contributed by atoms with E-state index in [1.165, 1.54) is 5.56 Å². The second kappa shape index (κ2) is 12.0. The summed E-state index contributed by atoms with van der Waals surface area (Å²) in [6, 6.07) is 31.2. The average molecular weight is 503 g/mol.